The summed E-state index contributed by atoms with van der Waals surface area (Å²) >= 11 is 6.37. The van der Waals surface area contributed by atoms with Crippen molar-refractivity contribution in [3.8, 4) is 5.75 Å². The van der Waals surface area contributed by atoms with Gasteiger partial charge >= 0.3 is 0 Å². The molecule has 0 aliphatic carbocycles. The smallest absolute Gasteiger partial charge is 0.118 e. The maximum absolute atomic E-state index is 6.37. The van der Waals surface area contributed by atoms with E-state index in [0.717, 1.165) is 36.5 Å². The number of hydrogen-bond donors (Lipinski definition) is 1. The molecule has 0 bridgehead atoms. The van der Waals surface area contributed by atoms with E-state index in [1.807, 2.05) is 16.8 Å². The number of benzene rings is 1. The molecule has 1 N–H and O–H groups in total. The first-order valence-electron chi connectivity index (χ1n) is 7.29. The van der Waals surface area contributed by atoms with Gasteiger partial charge in [-0.15, -0.1) is 0 Å². The molecule has 1 atom stereocenters. The van der Waals surface area contributed by atoms with Gasteiger partial charge in [0.1, 0.15) is 5.75 Å². The van der Waals surface area contributed by atoms with Crippen LogP contribution in [0.25, 0.3) is 0 Å². The molecule has 114 valence electrons. The Labute approximate surface area is 131 Å². The number of aromatic nitrogens is 2. The summed E-state index contributed by atoms with van der Waals surface area (Å²) in [6.45, 7) is 5.93. The molecular formula is C16H22ClN3O. The molecule has 1 heterocycles. The first-order valence-corrected chi connectivity index (χ1v) is 7.67. The van der Waals surface area contributed by atoms with Gasteiger partial charge in [0.2, 0.25) is 0 Å². The summed E-state index contributed by atoms with van der Waals surface area (Å²) in [5, 5.41) is 8.58. The Bertz CT molecular complexity index is 565. The Balaban J connectivity index is 2.40. The lowest BCUT2D eigenvalue weighted by atomic mass is 10.0. The number of methoxy groups -OCH3 is 1. The quantitative estimate of drug-likeness (QED) is 0.848. The van der Waals surface area contributed by atoms with Crippen LogP contribution in [0.15, 0.2) is 30.5 Å². The molecule has 0 spiro atoms. The van der Waals surface area contributed by atoms with Crippen LogP contribution in [-0.4, -0.2) is 23.4 Å². The molecule has 0 saturated carbocycles. The Morgan fingerprint density at radius 3 is 2.57 bits per heavy atom. The fraction of sp³-hybridized carbons (Fsp3) is 0.438. The average molecular weight is 308 g/mol. The van der Waals surface area contributed by atoms with E-state index in [2.05, 4.69) is 36.4 Å². The normalized spacial score (nSPS) is 12.4. The molecule has 2 rings (SSSR count). The highest BCUT2D eigenvalue weighted by atomic mass is 35.5. The SMILES string of the molecule is CCCn1ncc(Cl)c1C(NCC)c1ccc(OC)cc1. The highest BCUT2D eigenvalue weighted by Crippen LogP contribution is 2.29. The number of hydrogen-bond acceptors (Lipinski definition) is 3. The maximum atomic E-state index is 6.37. The van der Waals surface area contributed by atoms with Crippen molar-refractivity contribution in [3.63, 3.8) is 0 Å². The number of nitrogens with zero attached hydrogens (tertiary/aromatic N) is 2. The third-order valence-electron chi connectivity index (χ3n) is 3.40. The number of halogens is 1. The van der Waals surface area contributed by atoms with E-state index >= 15 is 0 Å². The second-order valence-electron chi connectivity index (χ2n) is 4.86. The first-order chi connectivity index (χ1) is 10.2. The van der Waals surface area contributed by atoms with Crippen molar-refractivity contribution in [2.24, 2.45) is 0 Å². The van der Waals surface area contributed by atoms with Gasteiger partial charge in [0.15, 0.2) is 0 Å². The van der Waals surface area contributed by atoms with Gasteiger partial charge < -0.3 is 10.1 Å². The molecule has 1 unspecified atom stereocenters. The summed E-state index contributed by atoms with van der Waals surface area (Å²) in [6, 6.07) is 8.09. The molecule has 1 aromatic heterocycles. The Morgan fingerprint density at radius 1 is 1.29 bits per heavy atom. The fourth-order valence-electron chi connectivity index (χ4n) is 2.42. The van der Waals surface area contributed by atoms with Gasteiger partial charge in [-0.2, -0.15) is 5.10 Å². The number of aryl methyl sites for hydroxylation is 1. The van der Waals surface area contributed by atoms with Gasteiger partial charge in [-0.3, -0.25) is 4.68 Å². The Morgan fingerprint density at radius 2 is 2.00 bits per heavy atom. The van der Waals surface area contributed by atoms with Gasteiger partial charge in [0.25, 0.3) is 0 Å². The summed E-state index contributed by atoms with van der Waals surface area (Å²) in [6.07, 6.45) is 2.74. The van der Waals surface area contributed by atoms with Crippen LogP contribution in [0.1, 0.15) is 37.6 Å². The zero-order valence-electron chi connectivity index (χ0n) is 12.8. The number of rotatable bonds is 7. The molecule has 0 fully saturated rings. The predicted molar refractivity (Wildman–Crippen MR) is 86.0 cm³/mol. The van der Waals surface area contributed by atoms with Crippen molar-refractivity contribution in [1.29, 1.82) is 0 Å². The van der Waals surface area contributed by atoms with E-state index in [1.165, 1.54) is 0 Å². The van der Waals surface area contributed by atoms with Crippen molar-refractivity contribution in [1.82, 2.24) is 15.1 Å². The van der Waals surface area contributed by atoms with Crippen molar-refractivity contribution < 1.29 is 4.74 Å². The largest absolute Gasteiger partial charge is 0.497 e. The van der Waals surface area contributed by atoms with Gasteiger partial charge in [0, 0.05) is 6.54 Å². The topological polar surface area (TPSA) is 39.1 Å². The van der Waals surface area contributed by atoms with E-state index in [0.29, 0.717) is 5.02 Å². The molecule has 0 aliphatic rings. The van der Waals surface area contributed by atoms with Gasteiger partial charge in [-0.05, 0) is 30.7 Å². The van der Waals surface area contributed by atoms with Crippen LogP contribution in [0, 0.1) is 0 Å². The zero-order valence-corrected chi connectivity index (χ0v) is 13.5. The van der Waals surface area contributed by atoms with Gasteiger partial charge in [0.05, 0.1) is 30.1 Å². The number of nitrogens with one attached hydrogen (secondary N) is 1. The minimum Gasteiger partial charge on any atom is -0.497 e. The highest BCUT2D eigenvalue weighted by molar-refractivity contribution is 6.31. The Hall–Kier alpha value is -1.52. The average Bonchev–Trinajstić information content (AvgIpc) is 2.86. The molecular weight excluding hydrogens is 286 g/mol. The molecule has 21 heavy (non-hydrogen) atoms. The van der Waals surface area contributed by atoms with Crippen molar-refractivity contribution in [2.75, 3.05) is 13.7 Å². The van der Waals surface area contributed by atoms with Crippen LogP contribution >= 0.6 is 11.6 Å². The lowest BCUT2D eigenvalue weighted by Gasteiger charge is -2.21. The lowest BCUT2D eigenvalue weighted by Crippen LogP contribution is -2.25. The number of ether oxygens (including phenoxy) is 1. The van der Waals surface area contributed by atoms with Crippen molar-refractivity contribution in [3.05, 3.63) is 46.7 Å². The first kappa shape index (κ1) is 15.9. The second kappa shape index (κ2) is 7.48. The monoisotopic (exact) mass is 307 g/mol. The van der Waals surface area contributed by atoms with E-state index in [-0.39, 0.29) is 6.04 Å². The summed E-state index contributed by atoms with van der Waals surface area (Å²) in [5.74, 6) is 0.849. The molecule has 0 amide bonds. The minimum absolute atomic E-state index is 0.0301. The van der Waals surface area contributed by atoms with Crippen molar-refractivity contribution >= 4 is 11.6 Å². The molecule has 0 saturated heterocycles. The molecule has 0 radical (unpaired) electrons. The molecule has 5 heteroatoms. The third-order valence-corrected chi connectivity index (χ3v) is 3.69. The summed E-state index contributed by atoms with van der Waals surface area (Å²) in [7, 11) is 1.67. The fourth-order valence-corrected chi connectivity index (χ4v) is 2.67. The second-order valence-corrected chi connectivity index (χ2v) is 5.27. The van der Waals surface area contributed by atoms with Crippen molar-refractivity contribution in [2.45, 2.75) is 32.9 Å². The van der Waals surface area contributed by atoms with Gasteiger partial charge in [-0.25, -0.2) is 0 Å². The van der Waals surface area contributed by atoms with Crippen LogP contribution in [0.2, 0.25) is 5.02 Å². The minimum atomic E-state index is 0.0301. The van der Waals surface area contributed by atoms with E-state index in [1.54, 1.807) is 13.3 Å². The molecule has 4 nitrogen and oxygen atoms in total. The zero-order chi connectivity index (χ0) is 15.2. The van der Waals surface area contributed by atoms with Crippen LogP contribution in [0.4, 0.5) is 0 Å². The van der Waals surface area contributed by atoms with Crippen LogP contribution in [0.5, 0.6) is 5.75 Å². The summed E-state index contributed by atoms with van der Waals surface area (Å²) in [4.78, 5) is 0. The van der Waals surface area contributed by atoms with Crippen LogP contribution < -0.4 is 10.1 Å². The highest BCUT2D eigenvalue weighted by Gasteiger charge is 2.21. The Kier molecular flexibility index (Phi) is 5.65. The standard InChI is InChI=1S/C16H22ClN3O/c1-4-10-20-16(14(17)11-19-20)15(18-5-2)12-6-8-13(21-3)9-7-12/h6-9,11,15,18H,4-5,10H2,1-3H3. The molecule has 1 aromatic carbocycles. The maximum Gasteiger partial charge on any atom is 0.118 e. The summed E-state index contributed by atoms with van der Waals surface area (Å²) in [5.41, 5.74) is 2.17. The van der Waals surface area contributed by atoms with Gasteiger partial charge in [-0.1, -0.05) is 37.6 Å². The van der Waals surface area contributed by atoms with Crippen LogP contribution in [0.3, 0.4) is 0 Å². The molecule has 2 aromatic rings. The van der Waals surface area contributed by atoms with E-state index < -0.39 is 0 Å². The summed E-state index contributed by atoms with van der Waals surface area (Å²) < 4.78 is 7.21. The third kappa shape index (κ3) is 3.57. The van der Waals surface area contributed by atoms with E-state index in [4.69, 9.17) is 16.3 Å². The lowest BCUT2D eigenvalue weighted by molar-refractivity contribution is 0.414. The predicted octanol–water partition coefficient (Wildman–Crippen LogP) is 3.65. The van der Waals surface area contributed by atoms with E-state index in [9.17, 15) is 0 Å². The molecule has 0 aliphatic heterocycles. The van der Waals surface area contributed by atoms with Crippen LogP contribution in [-0.2, 0) is 6.54 Å².